The van der Waals surface area contributed by atoms with Crippen LogP contribution in [0, 0.1) is 5.92 Å². The molecule has 102 valence electrons. The summed E-state index contributed by atoms with van der Waals surface area (Å²) in [7, 11) is 0. The van der Waals surface area contributed by atoms with Crippen molar-refractivity contribution in [3.8, 4) is 0 Å². The molecule has 0 bridgehead atoms. The maximum absolute atomic E-state index is 12.3. The molecular weight excluding hydrogens is 242 g/mol. The Kier molecular flexibility index (Phi) is 3.83. The fourth-order valence-corrected chi connectivity index (χ4v) is 2.07. The predicted molar refractivity (Wildman–Crippen MR) is 75.6 cm³/mol. The number of rotatable bonds is 4. The number of carbonyl (C=O) groups excluding carboxylic acids is 1. The summed E-state index contributed by atoms with van der Waals surface area (Å²) in [6.45, 7) is 6.82. The van der Waals surface area contributed by atoms with E-state index in [2.05, 4.69) is 24.1 Å². The SMILES string of the molecule is CC(C)CNc1nc2n(c(=O)c1C=O)C=CCC2C. The molecule has 1 aliphatic rings. The third kappa shape index (κ3) is 2.59. The largest absolute Gasteiger partial charge is 0.369 e. The Hall–Kier alpha value is -1.91. The maximum Gasteiger partial charge on any atom is 0.270 e. The highest BCUT2D eigenvalue weighted by molar-refractivity contribution is 5.82. The monoisotopic (exact) mass is 261 g/mol. The van der Waals surface area contributed by atoms with Crippen molar-refractivity contribution in [3.05, 3.63) is 27.8 Å². The first-order valence-electron chi connectivity index (χ1n) is 6.56. The second-order valence-corrected chi connectivity index (χ2v) is 5.32. The van der Waals surface area contributed by atoms with Crippen molar-refractivity contribution < 1.29 is 4.79 Å². The molecular formula is C14H19N3O2. The lowest BCUT2D eigenvalue weighted by Gasteiger charge is -2.20. The average Bonchev–Trinajstić information content (AvgIpc) is 2.37. The number of anilines is 1. The van der Waals surface area contributed by atoms with E-state index in [-0.39, 0.29) is 17.0 Å². The first kappa shape index (κ1) is 13.5. The zero-order valence-electron chi connectivity index (χ0n) is 11.5. The molecule has 0 fully saturated rings. The van der Waals surface area contributed by atoms with Crippen molar-refractivity contribution in [1.82, 2.24) is 9.55 Å². The zero-order chi connectivity index (χ0) is 14.0. The van der Waals surface area contributed by atoms with Gasteiger partial charge in [-0.2, -0.15) is 0 Å². The Morgan fingerprint density at radius 2 is 2.32 bits per heavy atom. The fraction of sp³-hybridized carbons (Fsp3) is 0.500. The zero-order valence-corrected chi connectivity index (χ0v) is 11.5. The number of carbonyl (C=O) groups is 1. The van der Waals surface area contributed by atoms with Gasteiger partial charge in [0.25, 0.3) is 5.56 Å². The maximum atomic E-state index is 12.3. The molecule has 0 spiro atoms. The Labute approximate surface area is 112 Å². The molecule has 0 saturated carbocycles. The number of aromatic nitrogens is 2. The van der Waals surface area contributed by atoms with Crippen LogP contribution in [0.1, 0.15) is 49.3 Å². The van der Waals surface area contributed by atoms with Crippen LogP contribution in [0.2, 0.25) is 0 Å². The van der Waals surface area contributed by atoms with Crippen LogP contribution in [0.5, 0.6) is 0 Å². The highest BCUT2D eigenvalue weighted by Gasteiger charge is 2.20. The topological polar surface area (TPSA) is 64.0 Å². The van der Waals surface area contributed by atoms with E-state index in [1.54, 1.807) is 6.20 Å². The normalized spacial score (nSPS) is 17.4. The molecule has 1 aromatic rings. The molecule has 5 nitrogen and oxygen atoms in total. The summed E-state index contributed by atoms with van der Waals surface area (Å²) in [6, 6.07) is 0. The second kappa shape index (κ2) is 5.38. The fourth-order valence-electron chi connectivity index (χ4n) is 2.07. The quantitative estimate of drug-likeness (QED) is 0.843. The lowest BCUT2D eigenvalue weighted by molar-refractivity contribution is 0.112. The van der Waals surface area contributed by atoms with Gasteiger partial charge in [-0.25, -0.2) is 4.98 Å². The molecule has 2 rings (SSSR count). The number of nitrogens with one attached hydrogen (secondary N) is 1. The van der Waals surface area contributed by atoms with Gasteiger partial charge in [-0.1, -0.05) is 26.8 Å². The van der Waals surface area contributed by atoms with Gasteiger partial charge < -0.3 is 5.32 Å². The summed E-state index contributed by atoms with van der Waals surface area (Å²) in [5, 5.41) is 3.10. The van der Waals surface area contributed by atoms with E-state index in [9.17, 15) is 9.59 Å². The summed E-state index contributed by atoms with van der Waals surface area (Å²) >= 11 is 0. The van der Waals surface area contributed by atoms with E-state index in [0.29, 0.717) is 30.4 Å². The van der Waals surface area contributed by atoms with Crippen molar-refractivity contribution in [2.24, 2.45) is 5.92 Å². The summed E-state index contributed by atoms with van der Waals surface area (Å²) in [6.07, 6.45) is 5.06. The molecule has 0 saturated heterocycles. The number of fused-ring (bicyclic) bond motifs is 1. The number of allylic oxidation sites excluding steroid dienone is 1. The van der Waals surface area contributed by atoms with Gasteiger partial charge in [0.2, 0.25) is 0 Å². The van der Waals surface area contributed by atoms with Crippen molar-refractivity contribution in [2.75, 3.05) is 11.9 Å². The van der Waals surface area contributed by atoms with E-state index in [0.717, 1.165) is 6.42 Å². The Morgan fingerprint density at radius 3 is 2.95 bits per heavy atom. The number of nitrogens with zero attached hydrogens (tertiary/aromatic N) is 2. The number of aldehydes is 1. The molecule has 1 atom stereocenters. The summed E-state index contributed by atoms with van der Waals surface area (Å²) in [5.74, 6) is 1.71. The van der Waals surface area contributed by atoms with Crippen LogP contribution in [-0.2, 0) is 0 Å². The Balaban J connectivity index is 2.52. The van der Waals surface area contributed by atoms with Crippen molar-refractivity contribution in [2.45, 2.75) is 33.1 Å². The molecule has 1 unspecified atom stereocenters. The van der Waals surface area contributed by atoms with E-state index >= 15 is 0 Å². The van der Waals surface area contributed by atoms with Crippen LogP contribution in [0.4, 0.5) is 5.82 Å². The lowest BCUT2D eigenvalue weighted by Crippen LogP contribution is -2.29. The highest BCUT2D eigenvalue weighted by atomic mass is 16.1. The number of hydrogen-bond acceptors (Lipinski definition) is 4. The summed E-state index contributed by atoms with van der Waals surface area (Å²) in [5.41, 5.74) is -0.197. The Morgan fingerprint density at radius 1 is 1.58 bits per heavy atom. The van der Waals surface area contributed by atoms with Gasteiger partial charge in [-0.3, -0.25) is 14.2 Å². The van der Waals surface area contributed by atoms with Crippen LogP contribution in [0.25, 0.3) is 6.20 Å². The highest BCUT2D eigenvalue weighted by Crippen LogP contribution is 2.23. The van der Waals surface area contributed by atoms with Gasteiger partial charge >= 0.3 is 0 Å². The molecule has 2 heterocycles. The molecule has 0 amide bonds. The molecule has 5 heteroatoms. The molecule has 1 aromatic heterocycles. The third-order valence-corrected chi connectivity index (χ3v) is 3.16. The van der Waals surface area contributed by atoms with Crippen LogP contribution in [0.3, 0.4) is 0 Å². The van der Waals surface area contributed by atoms with E-state index < -0.39 is 0 Å². The van der Waals surface area contributed by atoms with Gasteiger partial charge in [0.1, 0.15) is 17.2 Å². The second-order valence-electron chi connectivity index (χ2n) is 5.32. The van der Waals surface area contributed by atoms with Gasteiger partial charge in [-0.15, -0.1) is 0 Å². The number of hydrogen-bond donors (Lipinski definition) is 1. The molecule has 1 aliphatic heterocycles. The van der Waals surface area contributed by atoms with Crippen LogP contribution in [-0.4, -0.2) is 22.4 Å². The summed E-state index contributed by atoms with van der Waals surface area (Å²) < 4.78 is 1.47. The average molecular weight is 261 g/mol. The molecule has 0 aromatic carbocycles. The summed E-state index contributed by atoms with van der Waals surface area (Å²) in [4.78, 5) is 27.9. The Bertz CT molecular complexity index is 573. The minimum Gasteiger partial charge on any atom is -0.369 e. The van der Waals surface area contributed by atoms with E-state index in [4.69, 9.17) is 0 Å². The van der Waals surface area contributed by atoms with Crippen molar-refractivity contribution >= 4 is 18.3 Å². The molecule has 0 radical (unpaired) electrons. The first-order chi connectivity index (χ1) is 9.04. The van der Waals surface area contributed by atoms with Gasteiger partial charge in [0.05, 0.1) is 0 Å². The van der Waals surface area contributed by atoms with Crippen molar-refractivity contribution in [1.29, 1.82) is 0 Å². The minimum absolute atomic E-state index is 0.100. The molecule has 19 heavy (non-hydrogen) atoms. The van der Waals surface area contributed by atoms with Crippen LogP contribution < -0.4 is 10.9 Å². The molecule has 1 N–H and O–H groups in total. The standard InChI is InChI=1S/C14H19N3O2/c1-9(2)7-15-12-11(8-18)14(19)17-6-4-5-10(3)13(17)16-12/h4,6,8-10,15H,5,7H2,1-3H3. The van der Waals surface area contributed by atoms with Crippen LogP contribution >= 0.6 is 0 Å². The third-order valence-electron chi connectivity index (χ3n) is 3.16. The smallest absolute Gasteiger partial charge is 0.270 e. The van der Waals surface area contributed by atoms with Crippen LogP contribution in [0.15, 0.2) is 10.9 Å². The lowest BCUT2D eigenvalue weighted by atomic mass is 10.0. The minimum atomic E-state index is -0.297. The first-order valence-corrected chi connectivity index (χ1v) is 6.56. The van der Waals surface area contributed by atoms with Gasteiger partial charge in [0.15, 0.2) is 6.29 Å². The van der Waals surface area contributed by atoms with E-state index in [1.807, 2.05) is 13.0 Å². The predicted octanol–water partition coefficient (Wildman–Crippen LogP) is 2.10. The van der Waals surface area contributed by atoms with Crippen molar-refractivity contribution in [3.63, 3.8) is 0 Å². The van der Waals surface area contributed by atoms with Gasteiger partial charge in [0, 0.05) is 18.7 Å². The van der Waals surface area contributed by atoms with E-state index in [1.165, 1.54) is 4.57 Å². The molecule has 0 aliphatic carbocycles. The van der Waals surface area contributed by atoms with Gasteiger partial charge in [-0.05, 0) is 12.3 Å².